The van der Waals surface area contributed by atoms with Crippen molar-refractivity contribution in [1.29, 1.82) is 0 Å². The van der Waals surface area contributed by atoms with E-state index in [9.17, 15) is 0 Å². The molecule has 0 aliphatic heterocycles. The van der Waals surface area contributed by atoms with Crippen LogP contribution in [0.1, 0.15) is 5.82 Å². The third-order valence-corrected chi connectivity index (χ3v) is 2.32. The highest BCUT2D eigenvalue weighted by molar-refractivity contribution is 9.10. The normalized spacial score (nSPS) is 10.2. The van der Waals surface area contributed by atoms with Crippen LogP contribution < -0.4 is 5.73 Å². The summed E-state index contributed by atoms with van der Waals surface area (Å²) < 4.78 is 2.18. The van der Waals surface area contributed by atoms with Gasteiger partial charge in [0.1, 0.15) is 17.6 Å². The molecule has 0 fully saturated rings. The molecule has 0 radical (unpaired) electrons. The number of nitrogens with two attached hydrogens (primary N) is 1. The van der Waals surface area contributed by atoms with E-state index in [2.05, 4.69) is 36.0 Å². The molecule has 8 heteroatoms. The fraction of sp³-hybridized carbons (Fsp3) is 0. The van der Waals surface area contributed by atoms with Crippen molar-refractivity contribution in [1.82, 2.24) is 24.7 Å². The highest BCUT2D eigenvalue weighted by atomic mass is 79.9. The van der Waals surface area contributed by atoms with Gasteiger partial charge in [-0.05, 0) is 15.9 Å². The van der Waals surface area contributed by atoms with E-state index in [1.54, 1.807) is 6.20 Å². The number of halogens is 1. The summed E-state index contributed by atoms with van der Waals surface area (Å²) in [6, 6.07) is 0. The van der Waals surface area contributed by atoms with E-state index in [4.69, 9.17) is 18.0 Å². The van der Waals surface area contributed by atoms with Crippen LogP contribution in [0.25, 0.3) is 5.82 Å². The summed E-state index contributed by atoms with van der Waals surface area (Å²) in [7, 11) is 0. The maximum atomic E-state index is 5.39. The zero-order valence-corrected chi connectivity index (χ0v) is 9.73. The lowest BCUT2D eigenvalue weighted by Crippen LogP contribution is -2.12. The molecule has 0 unspecified atom stereocenters. The fourth-order valence-electron chi connectivity index (χ4n) is 0.953. The van der Waals surface area contributed by atoms with Crippen molar-refractivity contribution in [2.75, 3.05) is 0 Å². The first-order valence-electron chi connectivity index (χ1n) is 3.86. The van der Waals surface area contributed by atoms with Gasteiger partial charge >= 0.3 is 0 Å². The van der Waals surface area contributed by atoms with Crippen LogP contribution in [-0.2, 0) is 0 Å². The lowest BCUT2D eigenvalue weighted by molar-refractivity contribution is 0.829. The molecule has 0 aliphatic carbocycles. The van der Waals surface area contributed by atoms with Gasteiger partial charge in [-0.3, -0.25) is 0 Å². The SMILES string of the molecule is NC(=S)c1ncn(-c2ncncc2Br)n1. The molecule has 76 valence electrons. The first-order valence-corrected chi connectivity index (χ1v) is 5.06. The molecule has 0 atom stereocenters. The Morgan fingerprint density at radius 3 is 2.87 bits per heavy atom. The third kappa shape index (κ3) is 2.00. The molecule has 15 heavy (non-hydrogen) atoms. The average Bonchev–Trinajstić information content (AvgIpc) is 2.67. The summed E-state index contributed by atoms with van der Waals surface area (Å²) in [5, 5.41) is 4.06. The smallest absolute Gasteiger partial charge is 0.208 e. The van der Waals surface area contributed by atoms with Crippen LogP contribution in [0.3, 0.4) is 0 Å². The van der Waals surface area contributed by atoms with Gasteiger partial charge in [0, 0.05) is 6.20 Å². The van der Waals surface area contributed by atoms with Gasteiger partial charge in [0.2, 0.25) is 5.82 Å². The van der Waals surface area contributed by atoms with Crippen LogP contribution in [-0.4, -0.2) is 29.7 Å². The van der Waals surface area contributed by atoms with Gasteiger partial charge in [-0.15, -0.1) is 5.10 Å². The second-order valence-corrected chi connectivity index (χ2v) is 3.87. The molecule has 2 heterocycles. The van der Waals surface area contributed by atoms with Crippen molar-refractivity contribution >= 4 is 33.1 Å². The molecule has 0 saturated heterocycles. The predicted molar refractivity (Wildman–Crippen MR) is 60.5 cm³/mol. The number of rotatable bonds is 2. The van der Waals surface area contributed by atoms with Crippen LogP contribution in [0.2, 0.25) is 0 Å². The minimum atomic E-state index is 0.152. The minimum absolute atomic E-state index is 0.152. The first-order chi connectivity index (χ1) is 7.18. The maximum Gasteiger partial charge on any atom is 0.208 e. The molecular formula is C7H5BrN6S. The largest absolute Gasteiger partial charge is 0.387 e. The molecule has 0 aliphatic rings. The van der Waals surface area contributed by atoms with Gasteiger partial charge in [0.05, 0.1) is 4.47 Å². The molecule has 2 rings (SSSR count). The van der Waals surface area contributed by atoms with Crippen LogP contribution >= 0.6 is 28.1 Å². The zero-order chi connectivity index (χ0) is 10.8. The molecule has 2 aromatic rings. The third-order valence-electron chi connectivity index (χ3n) is 1.58. The van der Waals surface area contributed by atoms with Gasteiger partial charge in [0.25, 0.3) is 0 Å². The van der Waals surface area contributed by atoms with Gasteiger partial charge < -0.3 is 5.73 Å². The molecule has 6 nitrogen and oxygen atoms in total. The summed E-state index contributed by atoms with van der Waals surface area (Å²) in [4.78, 5) is 12.0. The fourth-order valence-corrected chi connectivity index (χ4v) is 1.45. The van der Waals surface area contributed by atoms with Crippen LogP contribution in [0.15, 0.2) is 23.3 Å². The average molecular weight is 285 g/mol. The molecule has 0 saturated carbocycles. The minimum Gasteiger partial charge on any atom is -0.387 e. The van der Waals surface area contributed by atoms with Crippen LogP contribution in [0.4, 0.5) is 0 Å². The molecule has 2 aromatic heterocycles. The van der Waals surface area contributed by atoms with E-state index in [-0.39, 0.29) is 4.99 Å². The van der Waals surface area contributed by atoms with Crippen LogP contribution in [0, 0.1) is 0 Å². The highest BCUT2D eigenvalue weighted by Gasteiger charge is 2.08. The lowest BCUT2D eigenvalue weighted by atomic mass is 10.6. The number of hydrogen-bond acceptors (Lipinski definition) is 5. The van der Waals surface area contributed by atoms with E-state index >= 15 is 0 Å². The molecule has 0 amide bonds. The van der Waals surface area contributed by atoms with Crippen LogP contribution in [0.5, 0.6) is 0 Å². The number of nitrogens with zero attached hydrogens (tertiary/aromatic N) is 5. The standard InChI is InChI=1S/C7H5BrN6S/c8-4-1-10-2-11-7(4)14-3-12-6(13-14)5(9)15/h1-3H,(H2,9,15). The quantitative estimate of drug-likeness (QED) is 0.807. The van der Waals surface area contributed by atoms with Crippen molar-refractivity contribution in [3.05, 3.63) is 29.1 Å². The molecule has 0 spiro atoms. The topological polar surface area (TPSA) is 82.5 Å². The Kier molecular flexibility index (Phi) is 2.69. The van der Waals surface area contributed by atoms with E-state index in [1.165, 1.54) is 17.3 Å². The first kappa shape index (κ1) is 10.1. The Balaban J connectivity index is 2.46. The van der Waals surface area contributed by atoms with Gasteiger partial charge in [-0.25, -0.2) is 19.6 Å². The van der Waals surface area contributed by atoms with Crippen molar-refractivity contribution < 1.29 is 0 Å². The van der Waals surface area contributed by atoms with Gasteiger partial charge in [0.15, 0.2) is 5.82 Å². The van der Waals surface area contributed by atoms with Crippen molar-refractivity contribution in [3.8, 4) is 5.82 Å². The highest BCUT2D eigenvalue weighted by Crippen LogP contribution is 2.15. The molecule has 0 bridgehead atoms. The summed E-state index contributed by atoms with van der Waals surface area (Å²) in [5.41, 5.74) is 5.39. The summed E-state index contributed by atoms with van der Waals surface area (Å²) >= 11 is 8.05. The summed E-state index contributed by atoms with van der Waals surface area (Å²) in [5.74, 6) is 0.899. The Hall–Kier alpha value is -1.41. The van der Waals surface area contributed by atoms with E-state index in [0.29, 0.717) is 16.1 Å². The predicted octanol–water partition coefficient (Wildman–Crippen LogP) is 0.454. The summed E-state index contributed by atoms with van der Waals surface area (Å²) in [6.07, 6.45) is 4.52. The zero-order valence-electron chi connectivity index (χ0n) is 7.33. The monoisotopic (exact) mass is 284 g/mol. The molecule has 2 N–H and O–H groups in total. The number of hydrogen-bond donors (Lipinski definition) is 1. The van der Waals surface area contributed by atoms with Crippen molar-refractivity contribution in [3.63, 3.8) is 0 Å². The maximum absolute atomic E-state index is 5.39. The number of thiocarbonyl (C=S) groups is 1. The van der Waals surface area contributed by atoms with E-state index in [0.717, 1.165) is 0 Å². The second kappa shape index (κ2) is 3.99. The van der Waals surface area contributed by atoms with Gasteiger partial charge in [-0.2, -0.15) is 0 Å². The number of aromatic nitrogens is 5. The van der Waals surface area contributed by atoms with E-state index in [1.807, 2.05) is 0 Å². The summed E-state index contributed by atoms with van der Waals surface area (Å²) in [6.45, 7) is 0. The Labute approximate surface area is 98.7 Å². The second-order valence-electron chi connectivity index (χ2n) is 2.57. The Morgan fingerprint density at radius 2 is 2.27 bits per heavy atom. The molecular weight excluding hydrogens is 280 g/mol. The van der Waals surface area contributed by atoms with Crippen molar-refractivity contribution in [2.24, 2.45) is 5.73 Å². The van der Waals surface area contributed by atoms with Crippen molar-refractivity contribution in [2.45, 2.75) is 0 Å². The lowest BCUT2D eigenvalue weighted by Gasteiger charge is -1.99. The van der Waals surface area contributed by atoms with Gasteiger partial charge in [-0.1, -0.05) is 12.2 Å². The molecule has 0 aromatic carbocycles. The Morgan fingerprint density at radius 1 is 1.47 bits per heavy atom. The Bertz CT molecular complexity index is 510. The van der Waals surface area contributed by atoms with E-state index < -0.39 is 0 Å².